The Morgan fingerprint density at radius 2 is 2.00 bits per heavy atom. The molecular formula is C15H13BrN2O. The van der Waals surface area contributed by atoms with Gasteiger partial charge in [0.15, 0.2) is 6.61 Å². The number of ether oxygens (including phenoxy) is 1. The molecule has 0 unspecified atom stereocenters. The van der Waals surface area contributed by atoms with Crippen molar-refractivity contribution in [1.82, 2.24) is 4.90 Å². The number of nitriles is 1. The Morgan fingerprint density at radius 1 is 1.32 bits per heavy atom. The normalized spacial score (nSPS) is 14.6. The molecule has 1 aliphatic heterocycles. The maximum absolute atomic E-state index is 8.46. The Labute approximate surface area is 121 Å². The second-order valence-corrected chi connectivity index (χ2v) is 4.90. The highest BCUT2D eigenvalue weighted by Crippen LogP contribution is 2.32. The highest BCUT2D eigenvalue weighted by atomic mass is 79.9. The first kappa shape index (κ1) is 13.4. The van der Waals surface area contributed by atoms with Gasteiger partial charge in [-0.2, -0.15) is 5.26 Å². The van der Waals surface area contributed by atoms with Crippen molar-refractivity contribution in [3.63, 3.8) is 0 Å². The van der Waals surface area contributed by atoms with Gasteiger partial charge in [-0.25, -0.2) is 0 Å². The Hall–Kier alpha value is -1.99. The summed E-state index contributed by atoms with van der Waals surface area (Å²) in [5, 5.41) is 8.46. The van der Waals surface area contributed by atoms with Gasteiger partial charge in [0.05, 0.1) is 0 Å². The van der Waals surface area contributed by atoms with Crippen LogP contribution in [-0.2, 0) is 0 Å². The SMILES string of the molecule is C=C1C(Br)=CC=C(c2ccc(OCC#N)cc2)N1C. The highest BCUT2D eigenvalue weighted by molar-refractivity contribution is 9.12. The number of benzene rings is 1. The molecule has 0 aromatic heterocycles. The van der Waals surface area contributed by atoms with Crippen LogP contribution in [0.4, 0.5) is 0 Å². The number of likely N-dealkylation sites (N-methyl/N-ethyl adjacent to an activating group) is 1. The van der Waals surface area contributed by atoms with Crippen LogP contribution in [-0.4, -0.2) is 18.6 Å². The van der Waals surface area contributed by atoms with Crippen molar-refractivity contribution in [1.29, 1.82) is 5.26 Å². The Bertz CT molecular complexity index is 594. The average molecular weight is 317 g/mol. The Balaban J connectivity index is 2.23. The van der Waals surface area contributed by atoms with Gasteiger partial charge in [-0.3, -0.25) is 0 Å². The van der Waals surface area contributed by atoms with Crippen LogP contribution in [0.5, 0.6) is 5.75 Å². The predicted octanol–water partition coefficient (Wildman–Crippen LogP) is 3.67. The first-order valence-electron chi connectivity index (χ1n) is 5.74. The first-order chi connectivity index (χ1) is 9.13. The molecule has 0 saturated heterocycles. The van der Waals surface area contributed by atoms with E-state index in [-0.39, 0.29) is 6.61 Å². The molecule has 1 heterocycles. The maximum Gasteiger partial charge on any atom is 0.174 e. The lowest BCUT2D eigenvalue weighted by Crippen LogP contribution is -2.17. The van der Waals surface area contributed by atoms with Gasteiger partial charge < -0.3 is 9.64 Å². The van der Waals surface area contributed by atoms with E-state index in [9.17, 15) is 0 Å². The summed E-state index contributed by atoms with van der Waals surface area (Å²) in [6, 6.07) is 9.60. The fourth-order valence-electron chi connectivity index (χ4n) is 1.79. The van der Waals surface area contributed by atoms with Crippen molar-refractivity contribution in [2.45, 2.75) is 0 Å². The van der Waals surface area contributed by atoms with Crippen molar-refractivity contribution in [3.8, 4) is 11.8 Å². The molecule has 0 amide bonds. The monoisotopic (exact) mass is 316 g/mol. The molecule has 2 rings (SSSR count). The summed E-state index contributed by atoms with van der Waals surface area (Å²) in [5.41, 5.74) is 3.06. The molecule has 1 aliphatic rings. The molecule has 0 N–H and O–H groups in total. The van der Waals surface area contributed by atoms with Gasteiger partial charge in [0.1, 0.15) is 11.8 Å². The fraction of sp³-hybridized carbons (Fsp3) is 0.133. The van der Waals surface area contributed by atoms with Gasteiger partial charge in [-0.1, -0.05) is 6.58 Å². The molecule has 3 nitrogen and oxygen atoms in total. The molecule has 96 valence electrons. The van der Waals surface area contributed by atoms with Crippen molar-refractivity contribution in [2.75, 3.05) is 13.7 Å². The minimum absolute atomic E-state index is 0.0639. The second-order valence-electron chi connectivity index (χ2n) is 4.04. The van der Waals surface area contributed by atoms with Crippen LogP contribution in [0, 0.1) is 11.3 Å². The predicted molar refractivity (Wildman–Crippen MR) is 79.4 cm³/mol. The summed E-state index contributed by atoms with van der Waals surface area (Å²) < 4.78 is 6.21. The second kappa shape index (κ2) is 5.77. The van der Waals surface area contributed by atoms with Crippen molar-refractivity contribution < 1.29 is 4.74 Å². The van der Waals surface area contributed by atoms with Gasteiger partial charge in [0.2, 0.25) is 0 Å². The minimum Gasteiger partial charge on any atom is -0.479 e. The summed E-state index contributed by atoms with van der Waals surface area (Å²) in [5.74, 6) is 0.694. The van der Waals surface area contributed by atoms with Crippen molar-refractivity contribution in [2.24, 2.45) is 0 Å². The third-order valence-corrected chi connectivity index (χ3v) is 3.60. The summed E-state index contributed by atoms with van der Waals surface area (Å²) in [7, 11) is 1.97. The zero-order valence-corrected chi connectivity index (χ0v) is 12.1. The van der Waals surface area contributed by atoms with E-state index in [4.69, 9.17) is 10.00 Å². The van der Waals surface area contributed by atoms with Crippen LogP contribution in [0.25, 0.3) is 5.70 Å². The molecule has 0 atom stereocenters. The highest BCUT2D eigenvalue weighted by Gasteiger charge is 2.15. The Kier molecular flexibility index (Phi) is 4.08. The molecule has 19 heavy (non-hydrogen) atoms. The number of rotatable bonds is 3. The van der Waals surface area contributed by atoms with Gasteiger partial charge in [-0.15, -0.1) is 0 Å². The topological polar surface area (TPSA) is 36.3 Å². The quantitative estimate of drug-likeness (QED) is 0.853. The van der Waals surface area contributed by atoms with Crippen LogP contribution in [0.15, 0.2) is 53.2 Å². The van der Waals surface area contributed by atoms with Crippen LogP contribution >= 0.6 is 15.9 Å². The minimum atomic E-state index is 0.0639. The van der Waals surface area contributed by atoms with Crippen LogP contribution in [0.2, 0.25) is 0 Å². The number of hydrogen-bond acceptors (Lipinski definition) is 3. The lowest BCUT2D eigenvalue weighted by Gasteiger charge is -2.27. The summed E-state index contributed by atoms with van der Waals surface area (Å²) >= 11 is 3.46. The van der Waals surface area contributed by atoms with E-state index >= 15 is 0 Å². The molecule has 1 aromatic carbocycles. The van der Waals surface area contributed by atoms with E-state index in [0.29, 0.717) is 5.75 Å². The van der Waals surface area contributed by atoms with Gasteiger partial charge in [0.25, 0.3) is 0 Å². The number of hydrogen-bond donors (Lipinski definition) is 0. The van der Waals surface area contributed by atoms with E-state index in [1.165, 1.54) is 0 Å². The fourth-order valence-corrected chi connectivity index (χ4v) is 2.19. The van der Waals surface area contributed by atoms with Crippen LogP contribution in [0.1, 0.15) is 5.56 Å². The number of allylic oxidation sites excluding steroid dienone is 3. The van der Waals surface area contributed by atoms with Gasteiger partial charge >= 0.3 is 0 Å². The lowest BCUT2D eigenvalue weighted by atomic mass is 10.1. The summed E-state index contributed by atoms with van der Waals surface area (Å²) in [6.45, 7) is 4.08. The van der Waals surface area contributed by atoms with Crippen molar-refractivity contribution >= 4 is 21.6 Å². The maximum atomic E-state index is 8.46. The summed E-state index contributed by atoms with van der Waals surface area (Å²) in [6.07, 6.45) is 4.02. The lowest BCUT2D eigenvalue weighted by molar-refractivity contribution is 0.368. The van der Waals surface area contributed by atoms with E-state index in [1.54, 1.807) is 0 Å². The molecule has 1 aromatic rings. The van der Waals surface area contributed by atoms with Gasteiger partial charge in [-0.05, 0) is 57.9 Å². The zero-order chi connectivity index (χ0) is 13.8. The van der Waals surface area contributed by atoms with Gasteiger partial charge in [0, 0.05) is 22.9 Å². The molecule has 0 saturated carbocycles. The first-order valence-corrected chi connectivity index (χ1v) is 6.53. The molecular weight excluding hydrogens is 304 g/mol. The summed E-state index contributed by atoms with van der Waals surface area (Å²) in [4.78, 5) is 2.02. The molecule has 0 fully saturated rings. The van der Waals surface area contributed by atoms with E-state index in [0.717, 1.165) is 21.4 Å². The van der Waals surface area contributed by atoms with E-state index in [1.807, 2.05) is 54.4 Å². The van der Waals surface area contributed by atoms with Crippen molar-refractivity contribution in [3.05, 3.63) is 58.7 Å². The van der Waals surface area contributed by atoms with E-state index in [2.05, 4.69) is 22.5 Å². The average Bonchev–Trinajstić information content (AvgIpc) is 2.44. The molecule has 0 bridgehead atoms. The Morgan fingerprint density at radius 3 is 2.63 bits per heavy atom. The third-order valence-electron chi connectivity index (χ3n) is 2.88. The molecule has 0 aliphatic carbocycles. The smallest absolute Gasteiger partial charge is 0.174 e. The van der Waals surface area contributed by atoms with Crippen LogP contribution < -0.4 is 4.74 Å². The standard InChI is InChI=1S/C15H13BrN2O/c1-11-14(16)7-8-15(18(11)2)12-3-5-13(6-4-12)19-10-9-17/h3-8H,1,10H2,2H3. The van der Waals surface area contributed by atoms with Crippen LogP contribution in [0.3, 0.4) is 0 Å². The molecule has 0 radical (unpaired) electrons. The third kappa shape index (κ3) is 2.88. The number of halogens is 1. The van der Waals surface area contributed by atoms with E-state index < -0.39 is 0 Å². The molecule has 0 spiro atoms. The zero-order valence-electron chi connectivity index (χ0n) is 10.6. The largest absolute Gasteiger partial charge is 0.479 e. The number of nitrogens with zero attached hydrogens (tertiary/aromatic N) is 2. The molecule has 4 heteroatoms.